The second-order valence-electron chi connectivity index (χ2n) is 6.51. The van der Waals surface area contributed by atoms with Gasteiger partial charge < -0.3 is 14.7 Å². The number of carbonyl (C=O) groups excluding carboxylic acids is 1. The molecule has 1 N–H and O–H groups in total. The van der Waals surface area contributed by atoms with Crippen molar-refractivity contribution in [3.63, 3.8) is 0 Å². The molecule has 22 heavy (non-hydrogen) atoms. The minimum Gasteiger partial charge on any atom is -0.481 e. The van der Waals surface area contributed by atoms with Gasteiger partial charge in [0, 0.05) is 25.4 Å². The van der Waals surface area contributed by atoms with Crippen LogP contribution in [-0.4, -0.2) is 48.2 Å². The maximum Gasteiger partial charge on any atom is 0.307 e. The molecule has 2 aliphatic rings. The number of carbonyl (C=O) groups is 2. The number of likely N-dealkylation sites (tertiary alicyclic amines) is 1. The fourth-order valence-electron chi connectivity index (χ4n) is 3.65. The maximum absolute atomic E-state index is 12.4. The second-order valence-corrected chi connectivity index (χ2v) is 6.51. The first-order valence-corrected chi connectivity index (χ1v) is 8.31. The Bertz CT molecular complexity index is 403. The molecule has 0 aromatic carbocycles. The van der Waals surface area contributed by atoms with Crippen LogP contribution in [0.5, 0.6) is 0 Å². The number of aliphatic carboxylic acids is 1. The molecule has 124 valence electrons. The molecule has 0 unspecified atom stereocenters. The van der Waals surface area contributed by atoms with Crippen LogP contribution in [0.3, 0.4) is 0 Å². The number of ether oxygens (including phenoxy) is 1. The van der Waals surface area contributed by atoms with Gasteiger partial charge in [-0.1, -0.05) is 18.9 Å². The Hall–Kier alpha value is -1.36. The first-order chi connectivity index (χ1) is 10.6. The Kier molecular flexibility index (Phi) is 6.43. The van der Waals surface area contributed by atoms with Crippen molar-refractivity contribution in [2.24, 2.45) is 17.8 Å². The number of hydrogen-bond acceptors (Lipinski definition) is 3. The smallest absolute Gasteiger partial charge is 0.307 e. The van der Waals surface area contributed by atoms with E-state index in [-0.39, 0.29) is 18.2 Å². The quantitative estimate of drug-likeness (QED) is 0.552. The van der Waals surface area contributed by atoms with E-state index < -0.39 is 11.9 Å². The molecular formula is C17H27NO4. The monoisotopic (exact) mass is 309 g/mol. The van der Waals surface area contributed by atoms with Gasteiger partial charge in [0.1, 0.15) is 0 Å². The molecule has 1 saturated carbocycles. The van der Waals surface area contributed by atoms with Crippen molar-refractivity contribution in [2.75, 3.05) is 26.3 Å². The third kappa shape index (κ3) is 4.57. The summed E-state index contributed by atoms with van der Waals surface area (Å²) in [5.41, 5.74) is 0. The van der Waals surface area contributed by atoms with Crippen LogP contribution >= 0.6 is 0 Å². The highest BCUT2D eigenvalue weighted by Gasteiger charge is 2.35. The van der Waals surface area contributed by atoms with Gasteiger partial charge in [-0.25, -0.2) is 0 Å². The van der Waals surface area contributed by atoms with E-state index in [0.29, 0.717) is 25.7 Å². The van der Waals surface area contributed by atoms with Crippen molar-refractivity contribution in [3.05, 3.63) is 12.7 Å². The molecule has 2 atom stereocenters. The predicted octanol–water partition coefficient (Wildman–Crippen LogP) is 2.32. The van der Waals surface area contributed by atoms with Gasteiger partial charge in [0.25, 0.3) is 0 Å². The molecular weight excluding hydrogens is 282 g/mol. The topological polar surface area (TPSA) is 66.8 Å². The first kappa shape index (κ1) is 17.0. The Labute approximate surface area is 132 Å². The zero-order valence-corrected chi connectivity index (χ0v) is 13.2. The lowest BCUT2D eigenvalue weighted by atomic mass is 9.88. The van der Waals surface area contributed by atoms with E-state index in [4.69, 9.17) is 4.74 Å². The molecule has 2 fully saturated rings. The Morgan fingerprint density at radius 2 is 2.05 bits per heavy atom. The summed E-state index contributed by atoms with van der Waals surface area (Å²) in [5.74, 6) is -0.795. The van der Waals surface area contributed by atoms with Crippen LogP contribution in [-0.2, 0) is 14.3 Å². The van der Waals surface area contributed by atoms with Crippen LogP contribution in [0.1, 0.15) is 38.5 Å². The fraction of sp³-hybridized carbons (Fsp3) is 0.765. The zero-order valence-electron chi connectivity index (χ0n) is 13.2. The summed E-state index contributed by atoms with van der Waals surface area (Å²) in [7, 11) is 0. The number of carboxylic acid groups (broad SMARTS) is 1. The molecule has 0 aromatic heterocycles. The van der Waals surface area contributed by atoms with E-state index in [9.17, 15) is 14.7 Å². The third-order valence-electron chi connectivity index (χ3n) is 4.91. The van der Waals surface area contributed by atoms with Crippen LogP contribution in [0.25, 0.3) is 0 Å². The molecule has 0 radical (unpaired) electrons. The Morgan fingerprint density at radius 3 is 2.68 bits per heavy atom. The van der Waals surface area contributed by atoms with Crippen LogP contribution < -0.4 is 0 Å². The van der Waals surface area contributed by atoms with E-state index in [1.807, 2.05) is 4.90 Å². The average Bonchev–Trinajstić information content (AvgIpc) is 3.16. The summed E-state index contributed by atoms with van der Waals surface area (Å²) in [5, 5.41) is 9.42. The zero-order chi connectivity index (χ0) is 15.9. The highest BCUT2D eigenvalue weighted by Crippen LogP contribution is 2.34. The van der Waals surface area contributed by atoms with Gasteiger partial charge >= 0.3 is 5.97 Å². The lowest BCUT2D eigenvalue weighted by Gasteiger charge is -2.22. The van der Waals surface area contributed by atoms with Gasteiger partial charge in [-0.3, -0.25) is 9.59 Å². The molecule has 1 heterocycles. The third-order valence-corrected chi connectivity index (χ3v) is 4.91. The molecule has 5 nitrogen and oxygen atoms in total. The number of amides is 1. The summed E-state index contributed by atoms with van der Waals surface area (Å²) < 4.78 is 5.45. The van der Waals surface area contributed by atoms with Crippen molar-refractivity contribution in [1.82, 2.24) is 4.90 Å². The van der Waals surface area contributed by atoms with Gasteiger partial charge in [0.05, 0.1) is 19.1 Å². The van der Waals surface area contributed by atoms with Gasteiger partial charge in [-0.2, -0.15) is 0 Å². The van der Waals surface area contributed by atoms with E-state index >= 15 is 0 Å². The minimum absolute atomic E-state index is 0.00878. The molecule has 1 saturated heterocycles. The molecule has 1 amide bonds. The average molecular weight is 309 g/mol. The largest absolute Gasteiger partial charge is 0.481 e. The highest BCUT2D eigenvalue weighted by atomic mass is 16.5. The van der Waals surface area contributed by atoms with Crippen LogP contribution in [0, 0.1) is 17.8 Å². The SMILES string of the molecule is C=CCOC[C@H]1CCN(C(=O)C[C@H](C(=O)O)C2CCCC2)C1. The molecule has 5 heteroatoms. The Morgan fingerprint density at radius 1 is 1.32 bits per heavy atom. The molecule has 2 rings (SSSR count). The van der Waals surface area contributed by atoms with Crippen molar-refractivity contribution in [3.8, 4) is 0 Å². The minimum atomic E-state index is -0.815. The lowest BCUT2D eigenvalue weighted by Crippen LogP contribution is -2.34. The summed E-state index contributed by atoms with van der Waals surface area (Å²) in [6.45, 7) is 6.19. The molecule has 0 bridgehead atoms. The standard InChI is InChI=1S/C17H27NO4/c1-2-9-22-12-13-7-8-18(11-13)16(19)10-15(17(20)21)14-5-3-4-6-14/h2,13-15H,1,3-12H2,(H,20,21)/t13-,15-/m0/s1. The molecule has 1 aliphatic carbocycles. The van der Waals surface area contributed by atoms with Gasteiger partial charge in [0.15, 0.2) is 0 Å². The van der Waals surface area contributed by atoms with E-state index in [2.05, 4.69) is 6.58 Å². The van der Waals surface area contributed by atoms with Crippen molar-refractivity contribution in [2.45, 2.75) is 38.5 Å². The number of hydrogen-bond donors (Lipinski definition) is 1. The number of rotatable bonds is 8. The lowest BCUT2D eigenvalue weighted by molar-refractivity contribution is -0.147. The number of carboxylic acids is 1. The summed E-state index contributed by atoms with van der Waals surface area (Å²) in [6.07, 6.45) is 6.88. The van der Waals surface area contributed by atoms with Crippen LogP contribution in [0.15, 0.2) is 12.7 Å². The second kappa shape index (κ2) is 8.32. The maximum atomic E-state index is 12.4. The van der Waals surface area contributed by atoms with Gasteiger partial charge in [-0.05, 0) is 25.2 Å². The molecule has 0 spiro atoms. The molecule has 1 aliphatic heterocycles. The van der Waals surface area contributed by atoms with Gasteiger partial charge in [-0.15, -0.1) is 6.58 Å². The van der Waals surface area contributed by atoms with Crippen LogP contribution in [0.4, 0.5) is 0 Å². The van der Waals surface area contributed by atoms with E-state index in [1.54, 1.807) is 6.08 Å². The Balaban J connectivity index is 1.80. The van der Waals surface area contributed by atoms with Crippen molar-refractivity contribution < 1.29 is 19.4 Å². The highest BCUT2D eigenvalue weighted by molar-refractivity contribution is 5.82. The summed E-state index contributed by atoms with van der Waals surface area (Å²) in [6, 6.07) is 0. The predicted molar refractivity (Wildman–Crippen MR) is 83.4 cm³/mol. The van der Waals surface area contributed by atoms with Gasteiger partial charge in [0.2, 0.25) is 5.91 Å². The summed E-state index contributed by atoms with van der Waals surface area (Å²) >= 11 is 0. The van der Waals surface area contributed by atoms with E-state index in [1.165, 1.54) is 0 Å². The van der Waals surface area contributed by atoms with Crippen molar-refractivity contribution in [1.29, 1.82) is 0 Å². The first-order valence-electron chi connectivity index (χ1n) is 8.31. The van der Waals surface area contributed by atoms with Crippen LogP contribution in [0.2, 0.25) is 0 Å². The fourth-order valence-corrected chi connectivity index (χ4v) is 3.65. The molecule has 0 aromatic rings. The normalized spacial score (nSPS) is 23.6. The summed E-state index contributed by atoms with van der Waals surface area (Å²) in [4.78, 5) is 25.7. The van der Waals surface area contributed by atoms with Crippen molar-refractivity contribution >= 4 is 11.9 Å². The number of nitrogens with zero attached hydrogens (tertiary/aromatic N) is 1. The van der Waals surface area contributed by atoms with E-state index in [0.717, 1.165) is 38.6 Å².